The second kappa shape index (κ2) is 7.52. The van der Waals surface area contributed by atoms with Crippen molar-refractivity contribution in [2.45, 2.75) is 58.2 Å². The number of thiazole rings is 1. The average Bonchev–Trinajstić information content (AvgIpc) is 3.21. The lowest BCUT2D eigenvalue weighted by Crippen LogP contribution is -2.54. The minimum atomic E-state index is -0.548. The number of carbonyl (C=O) groups is 2. The van der Waals surface area contributed by atoms with Crippen LogP contribution in [0.3, 0.4) is 0 Å². The highest BCUT2D eigenvalue weighted by molar-refractivity contribution is 7.09. The van der Waals surface area contributed by atoms with E-state index in [0.717, 1.165) is 30.9 Å². The second-order valence-corrected chi connectivity index (χ2v) is 8.62. The maximum atomic E-state index is 12.8. The predicted molar refractivity (Wildman–Crippen MR) is 98.3 cm³/mol. The van der Waals surface area contributed by atoms with Crippen LogP contribution < -0.4 is 0 Å². The zero-order valence-corrected chi connectivity index (χ0v) is 16.7. The first-order valence-electron chi connectivity index (χ1n) is 9.14. The standard InChI is InChI=1S/C18H27N3O4S/c1-5-24-16(22)13-11-26-15(19-13)14-10-20-8-6-7-12(20)9-21(14)17(23)25-18(2,3)4/h11-12,14H,5-10H2,1-4H3/t12-,14+/m1/s1. The van der Waals surface area contributed by atoms with E-state index in [9.17, 15) is 9.59 Å². The van der Waals surface area contributed by atoms with Crippen molar-refractivity contribution in [1.29, 1.82) is 0 Å². The maximum absolute atomic E-state index is 12.8. The summed E-state index contributed by atoms with van der Waals surface area (Å²) in [6.45, 7) is 10.1. The molecule has 1 aromatic rings. The van der Waals surface area contributed by atoms with Crippen molar-refractivity contribution < 1.29 is 19.1 Å². The number of amides is 1. The van der Waals surface area contributed by atoms with Gasteiger partial charge in [0, 0.05) is 24.5 Å². The summed E-state index contributed by atoms with van der Waals surface area (Å²) in [6, 6.07) is 0.177. The van der Waals surface area contributed by atoms with E-state index in [1.165, 1.54) is 11.3 Å². The molecular formula is C18H27N3O4S. The van der Waals surface area contributed by atoms with E-state index in [1.807, 2.05) is 20.8 Å². The van der Waals surface area contributed by atoms with Gasteiger partial charge in [-0.15, -0.1) is 11.3 Å². The molecule has 8 heteroatoms. The van der Waals surface area contributed by atoms with Crippen LogP contribution in [0.25, 0.3) is 0 Å². The van der Waals surface area contributed by atoms with Crippen molar-refractivity contribution in [3.8, 4) is 0 Å². The van der Waals surface area contributed by atoms with Gasteiger partial charge in [0.2, 0.25) is 0 Å². The number of nitrogens with zero attached hydrogens (tertiary/aromatic N) is 3. The summed E-state index contributed by atoms with van der Waals surface area (Å²) in [5.41, 5.74) is -0.243. The Morgan fingerprint density at radius 3 is 2.81 bits per heavy atom. The highest BCUT2D eigenvalue weighted by Crippen LogP contribution is 2.35. The minimum Gasteiger partial charge on any atom is -0.461 e. The van der Waals surface area contributed by atoms with Gasteiger partial charge in [-0.1, -0.05) is 0 Å². The van der Waals surface area contributed by atoms with Crippen LogP contribution in [0.2, 0.25) is 0 Å². The predicted octanol–water partition coefficient (Wildman–Crippen LogP) is 3.08. The Morgan fingerprint density at radius 2 is 2.12 bits per heavy atom. The molecule has 2 aliphatic rings. The molecule has 0 bridgehead atoms. The molecule has 0 radical (unpaired) electrons. The summed E-state index contributed by atoms with van der Waals surface area (Å²) in [7, 11) is 0. The van der Waals surface area contributed by atoms with Crippen LogP contribution in [-0.2, 0) is 9.47 Å². The monoisotopic (exact) mass is 381 g/mol. The van der Waals surface area contributed by atoms with Gasteiger partial charge in [0.05, 0.1) is 12.6 Å². The van der Waals surface area contributed by atoms with Gasteiger partial charge in [-0.2, -0.15) is 0 Å². The van der Waals surface area contributed by atoms with Crippen molar-refractivity contribution in [2.24, 2.45) is 0 Å². The molecule has 7 nitrogen and oxygen atoms in total. The van der Waals surface area contributed by atoms with Gasteiger partial charge >= 0.3 is 12.1 Å². The Hall–Kier alpha value is -1.67. The topological polar surface area (TPSA) is 72.0 Å². The zero-order chi connectivity index (χ0) is 18.9. The van der Waals surface area contributed by atoms with Crippen LogP contribution in [0, 0.1) is 0 Å². The lowest BCUT2D eigenvalue weighted by atomic mass is 10.1. The summed E-state index contributed by atoms with van der Waals surface area (Å²) >= 11 is 1.40. The first-order chi connectivity index (χ1) is 12.3. The molecule has 3 rings (SSSR count). The quantitative estimate of drug-likeness (QED) is 0.750. The maximum Gasteiger partial charge on any atom is 0.410 e. The molecule has 0 aromatic carbocycles. The number of ether oxygens (including phenoxy) is 2. The van der Waals surface area contributed by atoms with Gasteiger partial charge in [-0.3, -0.25) is 9.80 Å². The minimum absolute atomic E-state index is 0.202. The van der Waals surface area contributed by atoms with Crippen LogP contribution >= 0.6 is 11.3 Å². The molecule has 1 amide bonds. The van der Waals surface area contributed by atoms with Crippen LogP contribution in [0.1, 0.15) is 62.1 Å². The molecule has 0 aliphatic carbocycles. The first-order valence-corrected chi connectivity index (χ1v) is 10.0. The lowest BCUT2D eigenvalue weighted by molar-refractivity contribution is -0.00931. The molecule has 1 aromatic heterocycles. The Bertz CT molecular complexity index is 670. The molecule has 26 heavy (non-hydrogen) atoms. The second-order valence-electron chi connectivity index (χ2n) is 7.73. The zero-order valence-electron chi connectivity index (χ0n) is 15.9. The van der Waals surface area contributed by atoms with E-state index in [1.54, 1.807) is 17.2 Å². The number of rotatable bonds is 3. The molecule has 0 unspecified atom stereocenters. The number of hydrogen-bond acceptors (Lipinski definition) is 7. The summed E-state index contributed by atoms with van der Waals surface area (Å²) < 4.78 is 10.7. The fourth-order valence-electron chi connectivity index (χ4n) is 3.49. The van der Waals surface area contributed by atoms with Gasteiger partial charge in [0.15, 0.2) is 5.69 Å². The summed E-state index contributed by atoms with van der Waals surface area (Å²) in [6.07, 6.45) is 1.92. The van der Waals surface area contributed by atoms with E-state index < -0.39 is 11.6 Å². The van der Waals surface area contributed by atoms with E-state index in [2.05, 4.69) is 9.88 Å². The Morgan fingerprint density at radius 1 is 1.35 bits per heavy atom. The van der Waals surface area contributed by atoms with E-state index in [-0.39, 0.29) is 12.1 Å². The third-order valence-corrected chi connectivity index (χ3v) is 5.56. The highest BCUT2D eigenvalue weighted by Gasteiger charge is 2.42. The van der Waals surface area contributed by atoms with Crippen molar-refractivity contribution in [3.63, 3.8) is 0 Å². The molecule has 2 saturated heterocycles. The van der Waals surface area contributed by atoms with Gasteiger partial charge in [-0.25, -0.2) is 14.6 Å². The molecule has 144 valence electrons. The molecule has 0 spiro atoms. The number of fused-ring (bicyclic) bond motifs is 1. The van der Waals surface area contributed by atoms with Gasteiger partial charge in [0.25, 0.3) is 0 Å². The number of esters is 1. The smallest absolute Gasteiger partial charge is 0.410 e. The van der Waals surface area contributed by atoms with Crippen LogP contribution in [-0.4, -0.2) is 64.7 Å². The van der Waals surface area contributed by atoms with Crippen molar-refractivity contribution in [2.75, 3.05) is 26.2 Å². The Balaban J connectivity index is 1.83. The fraction of sp³-hybridized carbons (Fsp3) is 0.722. The average molecular weight is 381 g/mol. The summed E-state index contributed by atoms with van der Waals surface area (Å²) in [5, 5.41) is 2.46. The molecule has 0 saturated carbocycles. The largest absolute Gasteiger partial charge is 0.461 e. The number of aromatic nitrogens is 1. The number of hydrogen-bond donors (Lipinski definition) is 0. The summed E-state index contributed by atoms with van der Waals surface area (Å²) in [4.78, 5) is 33.4. The lowest BCUT2D eigenvalue weighted by Gasteiger charge is -2.42. The van der Waals surface area contributed by atoms with Crippen molar-refractivity contribution in [1.82, 2.24) is 14.8 Å². The summed E-state index contributed by atoms with van der Waals surface area (Å²) in [5.74, 6) is -0.423. The van der Waals surface area contributed by atoms with Gasteiger partial charge in [-0.05, 0) is 47.1 Å². The van der Waals surface area contributed by atoms with Crippen molar-refractivity contribution in [3.05, 3.63) is 16.1 Å². The van der Waals surface area contributed by atoms with Crippen LogP contribution in [0.5, 0.6) is 0 Å². The molecule has 2 fully saturated rings. The molecule has 3 heterocycles. The Labute approximate surface area is 158 Å². The molecule has 0 N–H and O–H groups in total. The molecule has 2 aliphatic heterocycles. The van der Waals surface area contributed by atoms with Crippen LogP contribution in [0.15, 0.2) is 5.38 Å². The van der Waals surface area contributed by atoms with E-state index in [4.69, 9.17) is 9.47 Å². The molecule has 2 atom stereocenters. The molecular weight excluding hydrogens is 354 g/mol. The third kappa shape index (κ3) is 4.17. The van der Waals surface area contributed by atoms with Gasteiger partial charge < -0.3 is 9.47 Å². The SMILES string of the molecule is CCOC(=O)c1csc([C@@H]2CN3CCC[C@@H]3CN2C(=O)OC(C)(C)C)n1. The Kier molecular flexibility index (Phi) is 5.53. The van der Waals surface area contributed by atoms with Crippen LogP contribution in [0.4, 0.5) is 4.79 Å². The highest BCUT2D eigenvalue weighted by atomic mass is 32.1. The van der Waals surface area contributed by atoms with Gasteiger partial charge in [0.1, 0.15) is 10.6 Å². The number of carbonyl (C=O) groups excluding carboxylic acids is 2. The number of piperazine rings is 1. The third-order valence-electron chi connectivity index (χ3n) is 4.61. The first kappa shape index (κ1) is 19.1. The van der Waals surface area contributed by atoms with E-state index >= 15 is 0 Å². The fourth-order valence-corrected chi connectivity index (χ4v) is 4.38. The van der Waals surface area contributed by atoms with Crippen molar-refractivity contribution >= 4 is 23.4 Å². The normalized spacial score (nSPS) is 23.6. The van der Waals surface area contributed by atoms with E-state index in [0.29, 0.717) is 24.9 Å².